The Morgan fingerprint density at radius 1 is 0.943 bits per heavy atom. The van der Waals surface area contributed by atoms with Gasteiger partial charge in [-0.15, -0.1) is 0 Å². The smallest absolute Gasteiger partial charge is 0.337 e. The van der Waals surface area contributed by atoms with Crippen LogP contribution in [0.2, 0.25) is 0 Å². The third-order valence-corrected chi connectivity index (χ3v) is 6.09. The standard InChI is InChI=1S/C28H25NO6/c1-3-17-7-11-19(12-8-17)25(31)23-24(21-5-4-6-22(30)15-21)29(27(33)26(23)32)16-18-9-13-20(14-10-18)28(34)35-2/h4-15,24,30-31H,3,16H2,1-2H3/b25-23+. The fourth-order valence-corrected chi connectivity index (χ4v) is 4.20. The van der Waals surface area contributed by atoms with Gasteiger partial charge in [0.25, 0.3) is 11.7 Å². The minimum Gasteiger partial charge on any atom is -0.508 e. The number of rotatable bonds is 6. The van der Waals surface area contributed by atoms with Crippen molar-refractivity contribution in [2.24, 2.45) is 0 Å². The number of methoxy groups -OCH3 is 1. The number of carbonyl (C=O) groups is 3. The highest BCUT2D eigenvalue weighted by Crippen LogP contribution is 2.41. The van der Waals surface area contributed by atoms with Crippen LogP contribution in [0.4, 0.5) is 0 Å². The maximum Gasteiger partial charge on any atom is 0.337 e. The zero-order chi connectivity index (χ0) is 25.1. The summed E-state index contributed by atoms with van der Waals surface area (Å²) in [6.07, 6.45) is 0.823. The molecule has 1 fully saturated rings. The quantitative estimate of drug-likeness (QED) is 0.240. The van der Waals surface area contributed by atoms with E-state index in [4.69, 9.17) is 4.74 Å². The molecule has 0 bridgehead atoms. The molecule has 1 aliphatic heterocycles. The fraction of sp³-hybridized carbons (Fsp3) is 0.179. The van der Waals surface area contributed by atoms with Crippen molar-refractivity contribution < 1.29 is 29.3 Å². The Balaban J connectivity index is 1.79. The largest absolute Gasteiger partial charge is 0.508 e. The minimum atomic E-state index is -0.909. The summed E-state index contributed by atoms with van der Waals surface area (Å²) in [6, 6.07) is 19.0. The van der Waals surface area contributed by atoms with E-state index in [0.29, 0.717) is 22.3 Å². The zero-order valence-electron chi connectivity index (χ0n) is 19.4. The van der Waals surface area contributed by atoms with Crippen molar-refractivity contribution >= 4 is 23.4 Å². The van der Waals surface area contributed by atoms with E-state index in [2.05, 4.69) is 0 Å². The second kappa shape index (κ2) is 9.85. The molecule has 1 unspecified atom stereocenters. The van der Waals surface area contributed by atoms with Crippen LogP contribution in [0.3, 0.4) is 0 Å². The lowest BCUT2D eigenvalue weighted by molar-refractivity contribution is -0.140. The molecule has 1 aliphatic rings. The van der Waals surface area contributed by atoms with Gasteiger partial charge < -0.3 is 19.8 Å². The van der Waals surface area contributed by atoms with Crippen LogP contribution in [-0.4, -0.2) is 39.9 Å². The lowest BCUT2D eigenvalue weighted by Crippen LogP contribution is -2.29. The molecule has 2 N–H and O–H groups in total. The predicted octanol–water partition coefficient (Wildman–Crippen LogP) is 4.36. The third-order valence-electron chi connectivity index (χ3n) is 6.09. The van der Waals surface area contributed by atoms with Crippen molar-refractivity contribution in [3.8, 4) is 5.75 Å². The minimum absolute atomic E-state index is 0.0252. The van der Waals surface area contributed by atoms with E-state index in [1.807, 2.05) is 19.1 Å². The molecule has 1 amide bonds. The Morgan fingerprint density at radius 2 is 1.57 bits per heavy atom. The van der Waals surface area contributed by atoms with Crippen molar-refractivity contribution in [1.29, 1.82) is 0 Å². The van der Waals surface area contributed by atoms with E-state index in [9.17, 15) is 24.6 Å². The van der Waals surface area contributed by atoms with Gasteiger partial charge in [-0.3, -0.25) is 9.59 Å². The van der Waals surface area contributed by atoms with Crippen LogP contribution in [0.5, 0.6) is 5.75 Å². The molecule has 3 aromatic carbocycles. The first kappa shape index (κ1) is 23.8. The molecule has 0 radical (unpaired) electrons. The van der Waals surface area contributed by atoms with E-state index in [1.54, 1.807) is 48.5 Å². The molecule has 4 rings (SSSR count). The molecule has 7 heteroatoms. The van der Waals surface area contributed by atoms with Crippen molar-refractivity contribution in [3.63, 3.8) is 0 Å². The molecule has 178 valence electrons. The molecule has 1 atom stereocenters. The summed E-state index contributed by atoms with van der Waals surface area (Å²) in [5.41, 5.74) is 2.98. The maximum atomic E-state index is 13.2. The number of amides is 1. The summed E-state index contributed by atoms with van der Waals surface area (Å²) >= 11 is 0. The monoisotopic (exact) mass is 471 g/mol. The van der Waals surface area contributed by atoms with Crippen molar-refractivity contribution in [1.82, 2.24) is 4.90 Å². The number of hydrogen-bond acceptors (Lipinski definition) is 6. The number of aromatic hydroxyl groups is 1. The average Bonchev–Trinajstić information content (AvgIpc) is 3.13. The van der Waals surface area contributed by atoms with Gasteiger partial charge in [0.1, 0.15) is 11.5 Å². The Bertz CT molecular complexity index is 1310. The van der Waals surface area contributed by atoms with Gasteiger partial charge in [-0.1, -0.05) is 55.5 Å². The fourth-order valence-electron chi connectivity index (χ4n) is 4.20. The summed E-state index contributed by atoms with van der Waals surface area (Å²) in [4.78, 5) is 39.4. The average molecular weight is 472 g/mol. The molecular formula is C28H25NO6. The number of phenols is 1. The van der Waals surface area contributed by atoms with Gasteiger partial charge in [0, 0.05) is 12.1 Å². The molecule has 7 nitrogen and oxygen atoms in total. The van der Waals surface area contributed by atoms with Gasteiger partial charge in [-0.2, -0.15) is 0 Å². The normalized spacial score (nSPS) is 17.0. The van der Waals surface area contributed by atoms with Crippen LogP contribution in [0.15, 0.2) is 78.4 Å². The first-order chi connectivity index (χ1) is 16.8. The Hall–Kier alpha value is -4.39. The Morgan fingerprint density at radius 3 is 2.17 bits per heavy atom. The van der Waals surface area contributed by atoms with E-state index in [-0.39, 0.29) is 23.6 Å². The first-order valence-corrected chi connectivity index (χ1v) is 11.2. The number of aryl methyl sites for hydroxylation is 1. The van der Waals surface area contributed by atoms with E-state index < -0.39 is 23.7 Å². The number of carbonyl (C=O) groups excluding carboxylic acids is 3. The van der Waals surface area contributed by atoms with E-state index >= 15 is 0 Å². The first-order valence-electron chi connectivity index (χ1n) is 11.2. The molecule has 35 heavy (non-hydrogen) atoms. The third kappa shape index (κ3) is 4.66. The number of hydrogen-bond donors (Lipinski definition) is 2. The number of nitrogens with zero attached hydrogens (tertiary/aromatic N) is 1. The highest BCUT2D eigenvalue weighted by atomic mass is 16.5. The number of ether oxygens (including phenoxy) is 1. The number of Topliss-reactive ketones (excluding diaryl/α,β-unsaturated/α-hetero) is 1. The number of likely N-dealkylation sites (tertiary alicyclic amines) is 1. The predicted molar refractivity (Wildman–Crippen MR) is 130 cm³/mol. The van der Waals surface area contributed by atoms with Gasteiger partial charge >= 0.3 is 5.97 Å². The molecule has 3 aromatic rings. The molecule has 0 aromatic heterocycles. The summed E-state index contributed by atoms with van der Waals surface area (Å²) in [5, 5.41) is 21.2. The highest BCUT2D eigenvalue weighted by Gasteiger charge is 2.46. The number of phenolic OH excluding ortho intramolecular Hbond substituents is 1. The number of benzene rings is 3. The van der Waals surface area contributed by atoms with Crippen LogP contribution < -0.4 is 0 Å². The summed E-state index contributed by atoms with van der Waals surface area (Å²) in [7, 11) is 1.29. The molecule has 1 saturated heterocycles. The van der Waals surface area contributed by atoms with Gasteiger partial charge in [-0.05, 0) is 47.4 Å². The van der Waals surface area contributed by atoms with Crippen molar-refractivity contribution in [3.05, 3.63) is 106 Å². The lowest BCUT2D eigenvalue weighted by Gasteiger charge is -2.25. The topological polar surface area (TPSA) is 104 Å². The number of aliphatic hydroxyl groups excluding tert-OH is 1. The van der Waals surface area contributed by atoms with Crippen LogP contribution in [0.1, 0.15) is 45.6 Å². The van der Waals surface area contributed by atoms with Gasteiger partial charge in [-0.25, -0.2) is 4.79 Å². The molecule has 0 saturated carbocycles. The highest BCUT2D eigenvalue weighted by molar-refractivity contribution is 6.46. The number of esters is 1. The van der Waals surface area contributed by atoms with Gasteiger partial charge in [0.05, 0.1) is 24.3 Å². The van der Waals surface area contributed by atoms with Crippen molar-refractivity contribution in [2.45, 2.75) is 25.9 Å². The molecule has 1 heterocycles. The van der Waals surface area contributed by atoms with Crippen LogP contribution >= 0.6 is 0 Å². The van der Waals surface area contributed by atoms with Crippen LogP contribution in [-0.2, 0) is 27.3 Å². The molecule has 0 spiro atoms. The summed E-state index contributed by atoms with van der Waals surface area (Å²) in [5.74, 6) is -2.35. The summed E-state index contributed by atoms with van der Waals surface area (Å²) in [6.45, 7) is 2.07. The Labute approximate surface area is 202 Å². The van der Waals surface area contributed by atoms with Crippen LogP contribution in [0.25, 0.3) is 5.76 Å². The number of aliphatic hydroxyl groups is 1. The van der Waals surface area contributed by atoms with E-state index in [0.717, 1.165) is 12.0 Å². The lowest BCUT2D eigenvalue weighted by atomic mass is 9.94. The van der Waals surface area contributed by atoms with Gasteiger partial charge in [0.15, 0.2) is 0 Å². The summed E-state index contributed by atoms with van der Waals surface area (Å²) < 4.78 is 4.72. The second-order valence-electron chi connectivity index (χ2n) is 8.26. The zero-order valence-corrected chi connectivity index (χ0v) is 19.4. The number of ketones is 1. The van der Waals surface area contributed by atoms with Crippen LogP contribution in [0, 0.1) is 0 Å². The maximum absolute atomic E-state index is 13.2. The molecular weight excluding hydrogens is 446 g/mol. The van der Waals surface area contributed by atoms with Crippen molar-refractivity contribution in [2.75, 3.05) is 7.11 Å². The molecule has 0 aliphatic carbocycles. The Kier molecular flexibility index (Phi) is 6.68. The van der Waals surface area contributed by atoms with E-state index in [1.165, 1.54) is 24.1 Å². The second-order valence-corrected chi connectivity index (χ2v) is 8.26. The SMILES string of the molecule is CCc1ccc(/C(O)=C2\C(=O)C(=O)N(Cc3ccc(C(=O)OC)cc3)C2c2cccc(O)c2)cc1. The van der Waals surface area contributed by atoms with Gasteiger partial charge in [0.2, 0.25) is 0 Å².